The highest BCUT2D eigenvalue weighted by molar-refractivity contribution is 5.17. The minimum Gasteiger partial charge on any atom is -0.319 e. The van der Waals surface area contributed by atoms with E-state index in [0.717, 1.165) is 18.1 Å². The zero-order valence-electron chi connectivity index (χ0n) is 10.4. The van der Waals surface area contributed by atoms with Crippen LogP contribution in [0, 0.1) is 6.92 Å². The normalized spacial score (nSPS) is 12.6. The molecule has 2 rings (SSSR count). The Kier molecular flexibility index (Phi) is 3.49. The number of hydrogen-bond donors (Lipinski definition) is 1. The molecule has 2 heterocycles. The van der Waals surface area contributed by atoms with Crippen LogP contribution in [0.3, 0.4) is 0 Å². The summed E-state index contributed by atoms with van der Waals surface area (Å²) in [6, 6.07) is 4.17. The fourth-order valence-electron chi connectivity index (χ4n) is 1.73. The molecule has 1 atom stereocenters. The Hall–Kier alpha value is -1.75. The van der Waals surface area contributed by atoms with Crippen LogP contribution in [0.4, 0.5) is 0 Å². The van der Waals surface area contributed by atoms with Crippen LogP contribution in [0.15, 0.2) is 24.7 Å². The summed E-state index contributed by atoms with van der Waals surface area (Å²) in [4.78, 5) is 4.35. The van der Waals surface area contributed by atoms with Gasteiger partial charge in [0.2, 0.25) is 0 Å². The number of nitrogens with one attached hydrogen (secondary N) is 1. The maximum absolute atomic E-state index is 4.35. The lowest BCUT2D eigenvalue weighted by Crippen LogP contribution is -2.22. The molecule has 17 heavy (non-hydrogen) atoms. The molecule has 5 nitrogen and oxygen atoms in total. The summed E-state index contributed by atoms with van der Waals surface area (Å²) >= 11 is 0. The van der Waals surface area contributed by atoms with Crippen molar-refractivity contribution < 1.29 is 0 Å². The molecule has 0 radical (unpaired) electrons. The van der Waals surface area contributed by atoms with Crippen molar-refractivity contribution in [3.63, 3.8) is 0 Å². The van der Waals surface area contributed by atoms with Gasteiger partial charge in [-0.05, 0) is 25.5 Å². The monoisotopic (exact) mass is 231 g/mol. The molecule has 0 aliphatic heterocycles. The summed E-state index contributed by atoms with van der Waals surface area (Å²) in [7, 11) is 1.94. The predicted molar refractivity (Wildman–Crippen MR) is 65.2 cm³/mol. The standard InChI is InChI=1S/C12H17N5/c1-9-5-4-6-13-11(9)7-14-10(2)12-16-15-8-17(12)3/h4-6,8,10,14H,7H2,1-3H3. The average molecular weight is 231 g/mol. The number of rotatable bonds is 4. The molecule has 0 saturated heterocycles. The lowest BCUT2D eigenvalue weighted by molar-refractivity contribution is 0.522. The molecule has 5 heteroatoms. The molecule has 0 aliphatic rings. The zero-order valence-corrected chi connectivity index (χ0v) is 10.4. The average Bonchev–Trinajstić information content (AvgIpc) is 2.74. The van der Waals surface area contributed by atoms with Crippen molar-refractivity contribution in [1.29, 1.82) is 0 Å². The molecule has 90 valence electrons. The second kappa shape index (κ2) is 5.05. The van der Waals surface area contributed by atoms with Crippen LogP contribution >= 0.6 is 0 Å². The number of aryl methyl sites for hydroxylation is 2. The lowest BCUT2D eigenvalue weighted by Gasteiger charge is -2.13. The van der Waals surface area contributed by atoms with Gasteiger partial charge in [0.25, 0.3) is 0 Å². The minimum atomic E-state index is 0.156. The minimum absolute atomic E-state index is 0.156. The Bertz CT molecular complexity index is 491. The van der Waals surface area contributed by atoms with Crippen molar-refractivity contribution in [2.75, 3.05) is 0 Å². The summed E-state index contributed by atoms with van der Waals surface area (Å²) in [6.45, 7) is 4.87. The van der Waals surface area contributed by atoms with E-state index in [9.17, 15) is 0 Å². The van der Waals surface area contributed by atoms with Crippen molar-refractivity contribution >= 4 is 0 Å². The van der Waals surface area contributed by atoms with Gasteiger partial charge in [-0.3, -0.25) is 4.98 Å². The van der Waals surface area contributed by atoms with E-state index in [0.29, 0.717) is 0 Å². The Morgan fingerprint density at radius 2 is 2.29 bits per heavy atom. The number of nitrogens with zero attached hydrogens (tertiary/aromatic N) is 4. The van der Waals surface area contributed by atoms with E-state index >= 15 is 0 Å². The Morgan fingerprint density at radius 3 is 2.94 bits per heavy atom. The van der Waals surface area contributed by atoms with Gasteiger partial charge in [0, 0.05) is 19.8 Å². The molecule has 1 unspecified atom stereocenters. The number of hydrogen-bond acceptors (Lipinski definition) is 4. The first kappa shape index (κ1) is 11.7. The Labute approximate surface area is 101 Å². The van der Waals surface area contributed by atoms with Gasteiger partial charge in [-0.25, -0.2) is 0 Å². The van der Waals surface area contributed by atoms with Gasteiger partial charge in [0.05, 0.1) is 11.7 Å². The van der Waals surface area contributed by atoms with Gasteiger partial charge < -0.3 is 9.88 Å². The van der Waals surface area contributed by atoms with Crippen molar-refractivity contribution in [2.24, 2.45) is 7.05 Å². The highest BCUT2D eigenvalue weighted by atomic mass is 15.3. The highest BCUT2D eigenvalue weighted by Gasteiger charge is 2.11. The molecule has 0 aromatic carbocycles. The second-order valence-corrected chi connectivity index (χ2v) is 4.17. The topological polar surface area (TPSA) is 55.6 Å². The largest absolute Gasteiger partial charge is 0.319 e. The molecule has 1 N–H and O–H groups in total. The van der Waals surface area contributed by atoms with Gasteiger partial charge in [-0.2, -0.15) is 0 Å². The third-order valence-electron chi connectivity index (χ3n) is 2.83. The van der Waals surface area contributed by atoms with Crippen molar-refractivity contribution in [3.05, 3.63) is 41.7 Å². The summed E-state index contributed by atoms with van der Waals surface area (Å²) in [5, 5.41) is 11.4. The van der Waals surface area contributed by atoms with E-state index < -0.39 is 0 Å². The van der Waals surface area contributed by atoms with Crippen LogP contribution in [-0.4, -0.2) is 19.7 Å². The SMILES string of the molecule is Cc1cccnc1CNC(C)c1nncn1C. The predicted octanol–water partition coefficient (Wildman–Crippen LogP) is 1.37. The second-order valence-electron chi connectivity index (χ2n) is 4.17. The number of aromatic nitrogens is 4. The molecular formula is C12H17N5. The van der Waals surface area contributed by atoms with Gasteiger partial charge in [0.15, 0.2) is 0 Å². The van der Waals surface area contributed by atoms with Crippen LogP contribution < -0.4 is 5.32 Å². The van der Waals surface area contributed by atoms with E-state index in [2.05, 4.69) is 40.4 Å². The van der Waals surface area contributed by atoms with Gasteiger partial charge in [-0.15, -0.1) is 10.2 Å². The summed E-state index contributed by atoms with van der Waals surface area (Å²) in [5.41, 5.74) is 2.27. The first-order valence-corrected chi connectivity index (χ1v) is 5.66. The van der Waals surface area contributed by atoms with Gasteiger partial charge in [0.1, 0.15) is 12.2 Å². The lowest BCUT2D eigenvalue weighted by atomic mass is 10.2. The summed E-state index contributed by atoms with van der Waals surface area (Å²) in [6.07, 6.45) is 3.52. The molecule has 0 saturated carbocycles. The zero-order chi connectivity index (χ0) is 12.3. The van der Waals surface area contributed by atoms with Gasteiger partial charge in [-0.1, -0.05) is 6.07 Å². The molecule has 0 aliphatic carbocycles. The van der Waals surface area contributed by atoms with E-state index in [4.69, 9.17) is 0 Å². The van der Waals surface area contributed by atoms with Crippen molar-refractivity contribution in [3.8, 4) is 0 Å². The highest BCUT2D eigenvalue weighted by Crippen LogP contribution is 2.09. The third kappa shape index (κ3) is 2.68. The first-order valence-electron chi connectivity index (χ1n) is 5.66. The smallest absolute Gasteiger partial charge is 0.149 e. The molecule has 2 aromatic heterocycles. The fourth-order valence-corrected chi connectivity index (χ4v) is 1.73. The van der Waals surface area contributed by atoms with Crippen LogP contribution in [-0.2, 0) is 13.6 Å². The van der Waals surface area contributed by atoms with E-state index in [1.165, 1.54) is 5.56 Å². The summed E-state index contributed by atoms with van der Waals surface area (Å²) in [5.74, 6) is 0.929. The van der Waals surface area contributed by atoms with Crippen molar-refractivity contribution in [2.45, 2.75) is 26.4 Å². The molecule has 0 amide bonds. The van der Waals surface area contributed by atoms with Crippen LogP contribution in [0.2, 0.25) is 0 Å². The summed E-state index contributed by atoms with van der Waals surface area (Å²) < 4.78 is 1.92. The molecular weight excluding hydrogens is 214 g/mol. The van der Waals surface area contributed by atoms with Crippen molar-refractivity contribution in [1.82, 2.24) is 25.1 Å². The van der Waals surface area contributed by atoms with E-state index in [1.807, 2.05) is 23.9 Å². The van der Waals surface area contributed by atoms with Crippen LogP contribution in [0.5, 0.6) is 0 Å². The van der Waals surface area contributed by atoms with Crippen LogP contribution in [0.1, 0.15) is 30.0 Å². The Balaban J connectivity index is 2.00. The van der Waals surface area contributed by atoms with Crippen LogP contribution in [0.25, 0.3) is 0 Å². The molecule has 0 fully saturated rings. The molecule has 0 spiro atoms. The third-order valence-corrected chi connectivity index (χ3v) is 2.83. The fraction of sp³-hybridized carbons (Fsp3) is 0.417. The quantitative estimate of drug-likeness (QED) is 0.863. The maximum Gasteiger partial charge on any atom is 0.149 e. The number of pyridine rings is 1. The maximum atomic E-state index is 4.35. The molecule has 0 bridgehead atoms. The van der Waals surface area contributed by atoms with Gasteiger partial charge >= 0.3 is 0 Å². The Morgan fingerprint density at radius 1 is 1.47 bits per heavy atom. The first-order chi connectivity index (χ1) is 8.18. The molecule has 2 aromatic rings. The van der Waals surface area contributed by atoms with E-state index in [1.54, 1.807) is 6.33 Å². The van der Waals surface area contributed by atoms with E-state index in [-0.39, 0.29) is 6.04 Å².